The highest BCUT2D eigenvalue weighted by atomic mass is 35.5. The topological polar surface area (TPSA) is 58.7 Å². The molecule has 0 aliphatic carbocycles. The molecule has 0 bridgehead atoms. The molecule has 1 saturated heterocycles. The van der Waals surface area contributed by atoms with Crippen molar-refractivity contribution >= 4 is 22.9 Å². The summed E-state index contributed by atoms with van der Waals surface area (Å²) in [5.41, 5.74) is 2.53. The summed E-state index contributed by atoms with van der Waals surface area (Å²) in [4.78, 5) is 21.6. The van der Waals surface area contributed by atoms with Gasteiger partial charge in [-0.2, -0.15) is 5.10 Å². The minimum absolute atomic E-state index is 0.00803. The lowest BCUT2D eigenvalue weighted by Crippen LogP contribution is -2.46. The van der Waals surface area contributed by atoms with Gasteiger partial charge in [0.1, 0.15) is 10.7 Å². The molecule has 0 unspecified atom stereocenters. The molecule has 0 N–H and O–H groups in total. The van der Waals surface area contributed by atoms with Crippen LogP contribution in [0.5, 0.6) is 0 Å². The second-order valence-corrected chi connectivity index (χ2v) is 7.53. The van der Waals surface area contributed by atoms with Crippen molar-refractivity contribution in [1.82, 2.24) is 24.1 Å². The first-order valence-electron chi connectivity index (χ1n) is 9.20. The van der Waals surface area contributed by atoms with Crippen LogP contribution in [0, 0.1) is 0 Å². The standard InChI is InChI=1S/C19H23ClN6O/c1-14(2)26-19(27)18(20)16(11-21-26)24-9-7-23(8-10-24)12-15-13-25-6-4-3-5-17(25)22-15/h3-6,11,13-14H,7-10,12H2,1-2H3. The smallest absolute Gasteiger partial charge is 0.287 e. The van der Waals surface area contributed by atoms with Crippen LogP contribution in [0.4, 0.5) is 5.69 Å². The number of fused-ring (bicyclic) bond motifs is 1. The largest absolute Gasteiger partial charge is 0.366 e. The van der Waals surface area contributed by atoms with Crippen molar-refractivity contribution in [3.05, 3.63) is 57.9 Å². The fraction of sp³-hybridized carbons (Fsp3) is 0.421. The Bertz CT molecular complexity index is 970. The molecule has 4 rings (SSSR count). The van der Waals surface area contributed by atoms with E-state index in [1.54, 1.807) is 6.20 Å². The summed E-state index contributed by atoms with van der Waals surface area (Å²) in [6.45, 7) is 8.04. The molecule has 1 aliphatic heterocycles. The number of halogens is 1. The van der Waals surface area contributed by atoms with E-state index in [9.17, 15) is 4.79 Å². The van der Waals surface area contributed by atoms with Crippen molar-refractivity contribution in [2.45, 2.75) is 26.4 Å². The molecule has 0 aromatic carbocycles. The highest BCUT2D eigenvalue weighted by Gasteiger charge is 2.22. The lowest BCUT2D eigenvalue weighted by Gasteiger charge is -2.35. The van der Waals surface area contributed by atoms with Crippen molar-refractivity contribution in [3.63, 3.8) is 0 Å². The van der Waals surface area contributed by atoms with E-state index in [1.165, 1.54) is 4.68 Å². The Morgan fingerprint density at radius 2 is 1.96 bits per heavy atom. The van der Waals surface area contributed by atoms with Gasteiger partial charge in [0.25, 0.3) is 5.56 Å². The van der Waals surface area contributed by atoms with E-state index in [4.69, 9.17) is 11.6 Å². The lowest BCUT2D eigenvalue weighted by molar-refractivity contribution is 0.247. The maximum Gasteiger partial charge on any atom is 0.287 e. The Morgan fingerprint density at radius 3 is 2.67 bits per heavy atom. The van der Waals surface area contributed by atoms with Crippen LogP contribution in [0.15, 0.2) is 41.6 Å². The minimum Gasteiger partial charge on any atom is -0.366 e. The van der Waals surface area contributed by atoms with E-state index in [1.807, 2.05) is 42.6 Å². The third kappa shape index (κ3) is 3.57. The van der Waals surface area contributed by atoms with E-state index in [0.717, 1.165) is 49.8 Å². The van der Waals surface area contributed by atoms with Gasteiger partial charge < -0.3 is 9.30 Å². The second-order valence-electron chi connectivity index (χ2n) is 7.15. The number of aromatic nitrogens is 4. The van der Waals surface area contributed by atoms with E-state index in [2.05, 4.69) is 26.1 Å². The third-order valence-corrected chi connectivity index (χ3v) is 5.28. The van der Waals surface area contributed by atoms with Crippen LogP contribution in [0.1, 0.15) is 25.6 Å². The number of nitrogens with zero attached hydrogens (tertiary/aromatic N) is 6. The van der Waals surface area contributed by atoms with Crippen molar-refractivity contribution in [2.75, 3.05) is 31.1 Å². The van der Waals surface area contributed by atoms with Crippen molar-refractivity contribution < 1.29 is 0 Å². The summed E-state index contributed by atoms with van der Waals surface area (Å²) in [6, 6.07) is 6.00. The molecule has 27 heavy (non-hydrogen) atoms. The molecule has 1 aliphatic rings. The number of anilines is 1. The number of piperazine rings is 1. The second kappa shape index (κ2) is 7.32. The molecule has 0 radical (unpaired) electrons. The van der Waals surface area contributed by atoms with Crippen LogP contribution in [-0.2, 0) is 6.54 Å². The molecule has 1 fully saturated rings. The van der Waals surface area contributed by atoms with Gasteiger partial charge in [0.2, 0.25) is 0 Å². The first-order valence-corrected chi connectivity index (χ1v) is 9.58. The summed E-state index contributed by atoms with van der Waals surface area (Å²) in [6.07, 6.45) is 5.80. The molecular formula is C19H23ClN6O. The summed E-state index contributed by atoms with van der Waals surface area (Å²) < 4.78 is 3.46. The quantitative estimate of drug-likeness (QED) is 0.689. The first kappa shape index (κ1) is 18.0. The van der Waals surface area contributed by atoms with Gasteiger partial charge in [-0.15, -0.1) is 0 Å². The van der Waals surface area contributed by atoms with Gasteiger partial charge >= 0.3 is 0 Å². The Morgan fingerprint density at radius 1 is 1.19 bits per heavy atom. The molecule has 8 heteroatoms. The lowest BCUT2D eigenvalue weighted by atomic mass is 10.2. The maximum atomic E-state index is 12.4. The van der Waals surface area contributed by atoms with Crippen LogP contribution in [-0.4, -0.2) is 50.2 Å². The zero-order valence-corrected chi connectivity index (χ0v) is 16.3. The normalized spacial score (nSPS) is 15.8. The number of hydrogen-bond acceptors (Lipinski definition) is 5. The third-order valence-electron chi connectivity index (χ3n) is 4.93. The Kier molecular flexibility index (Phi) is 4.88. The molecule has 142 valence electrons. The average molecular weight is 387 g/mol. The monoisotopic (exact) mass is 386 g/mol. The van der Waals surface area contributed by atoms with E-state index < -0.39 is 0 Å². The zero-order chi connectivity index (χ0) is 19.0. The van der Waals surface area contributed by atoms with Gasteiger partial charge in [-0.25, -0.2) is 9.67 Å². The Labute approximate surface area is 162 Å². The molecule has 4 heterocycles. The molecule has 3 aromatic rings. The van der Waals surface area contributed by atoms with Crippen molar-refractivity contribution in [3.8, 4) is 0 Å². The minimum atomic E-state index is -0.226. The van der Waals surface area contributed by atoms with Crippen LogP contribution in [0.3, 0.4) is 0 Å². The molecular weight excluding hydrogens is 364 g/mol. The van der Waals surface area contributed by atoms with E-state index in [-0.39, 0.29) is 16.6 Å². The Hall–Kier alpha value is -2.38. The van der Waals surface area contributed by atoms with Crippen LogP contribution in [0.2, 0.25) is 5.02 Å². The summed E-state index contributed by atoms with van der Waals surface area (Å²) in [5, 5.41) is 4.53. The molecule has 0 saturated carbocycles. The SMILES string of the molecule is CC(C)n1ncc(N2CCN(Cc3cn4ccccc4n3)CC2)c(Cl)c1=O. The molecule has 0 spiro atoms. The van der Waals surface area contributed by atoms with Crippen molar-refractivity contribution in [1.29, 1.82) is 0 Å². The number of pyridine rings is 1. The molecule has 3 aromatic heterocycles. The van der Waals surface area contributed by atoms with Crippen LogP contribution in [0.25, 0.3) is 5.65 Å². The molecule has 0 atom stereocenters. The van der Waals surface area contributed by atoms with E-state index in [0.29, 0.717) is 0 Å². The van der Waals surface area contributed by atoms with Gasteiger partial charge in [0.05, 0.1) is 23.6 Å². The summed E-state index contributed by atoms with van der Waals surface area (Å²) >= 11 is 6.35. The van der Waals surface area contributed by atoms with Gasteiger partial charge in [0.15, 0.2) is 0 Å². The predicted molar refractivity (Wildman–Crippen MR) is 107 cm³/mol. The maximum absolute atomic E-state index is 12.4. The first-order chi connectivity index (χ1) is 13.0. The molecule has 0 amide bonds. The highest BCUT2D eigenvalue weighted by molar-refractivity contribution is 6.33. The van der Waals surface area contributed by atoms with E-state index >= 15 is 0 Å². The predicted octanol–water partition coefficient (Wildman–Crippen LogP) is 2.45. The average Bonchev–Trinajstić information content (AvgIpc) is 3.06. The highest BCUT2D eigenvalue weighted by Crippen LogP contribution is 2.23. The van der Waals surface area contributed by atoms with Gasteiger partial charge in [-0.1, -0.05) is 17.7 Å². The summed E-state index contributed by atoms with van der Waals surface area (Å²) in [5.74, 6) is 0. The van der Waals surface area contributed by atoms with Gasteiger partial charge in [-0.3, -0.25) is 9.69 Å². The Balaban J connectivity index is 1.43. The van der Waals surface area contributed by atoms with Gasteiger partial charge in [-0.05, 0) is 26.0 Å². The molecule has 7 nitrogen and oxygen atoms in total. The number of hydrogen-bond donors (Lipinski definition) is 0. The fourth-order valence-corrected chi connectivity index (χ4v) is 3.72. The van der Waals surface area contributed by atoms with Crippen LogP contribution >= 0.6 is 11.6 Å². The van der Waals surface area contributed by atoms with Crippen LogP contribution < -0.4 is 10.5 Å². The van der Waals surface area contributed by atoms with Gasteiger partial charge in [0, 0.05) is 45.1 Å². The fourth-order valence-electron chi connectivity index (χ4n) is 3.46. The summed E-state index contributed by atoms with van der Waals surface area (Å²) in [7, 11) is 0. The number of imidazole rings is 1. The zero-order valence-electron chi connectivity index (χ0n) is 15.5. The number of rotatable bonds is 4. The van der Waals surface area contributed by atoms with Crippen molar-refractivity contribution in [2.24, 2.45) is 0 Å².